The Morgan fingerprint density at radius 2 is 1.81 bits per heavy atom. The summed E-state index contributed by atoms with van der Waals surface area (Å²) in [6.07, 6.45) is 3.43. The number of carbonyl (C=O) groups is 1. The van der Waals surface area contributed by atoms with E-state index in [1.165, 1.54) is 11.8 Å². The van der Waals surface area contributed by atoms with E-state index in [0.717, 1.165) is 28.3 Å². The first-order valence-electron chi connectivity index (χ1n) is 10.1. The lowest BCUT2D eigenvalue weighted by molar-refractivity contribution is -0.115. The molecule has 1 atom stereocenters. The Kier molecular flexibility index (Phi) is 6.51. The molecular weight excluding hydrogens is 422 g/mol. The van der Waals surface area contributed by atoms with Crippen molar-refractivity contribution >= 4 is 23.4 Å². The Bertz CT molecular complexity index is 1210. The standard InChI is InChI=1S/C24H23N5O2S/c1-16-5-4-6-19(15-16)26-23(30)17(2)32-24-28-27-22(18-11-13-25-14-12-18)29(24)20-7-9-21(31-3)10-8-20/h4-15,17H,1-3H3,(H,26,30). The van der Waals surface area contributed by atoms with E-state index in [-0.39, 0.29) is 11.2 Å². The van der Waals surface area contributed by atoms with E-state index in [1.807, 2.05) is 79.1 Å². The lowest BCUT2D eigenvalue weighted by Gasteiger charge is -2.14. The van der Waals surface area contributed by atoms with Crippen molar-refractivity contribution in [1.29, 1.82) is 0 Å². The summed E-state index contributed by atoms with van der Waals surface area (Å²) in [5.41, 5.74) is 3.62. The summed E-state index contributed by atoms with van der Waals surface area (Å²) in [5.74, 6) is 1.33. The summed E-state index contributed by atoms with van der Waals surface area (Å²) in [4.78, 5) is 16.9. The molecule has 2 aromatic heterocycles. The number of nitrogens with zero attached hydrogens (tertiary/aromatic N) is 4. The van der Waals surface area contributed by atoms with Gasteiger partial charge in [-0.3, -0.25) is 14.3 Å². The molecule has 1 amide bonds. The smallest absolute Gasteiger partial charge is 0.237 e. The number of amides is 1. The second-order valence-electron chi connectivity index (χ2n) is 7.19. The Hall–Kier alpha value is -3.65. The van der Waals surface area contributed by atoms with Gasteiger partial charge in [0.15, 0.2) is 11.0 Å². The number of rotatable bonds is 7. The number of ether oxygens (including phenoxy) is 1. The van der Waals surface area contributed by atoms with Gasteiger partial charge in [-0.2, -0.15) is 0 Å². The maximum atomic E-state index is 12.8. The van der Waals surface area contributed by atoms with Crippen LogP contribution in [0.1, 0.15) is 12.5 Å². The minimum absolute atomic E-state index is 0.102. The maximum Gasteiger partial charge on any atom is 0.237 e. The fourth-order valence-corrected chi connectivity index (χ4v) is 4.04. The summed E-state index contributed by atoms with van der Waals surface area (Å²) >= 11 is 1.35. The Morgan fingerprint density at radius 3 is 2.50 bits per heavy atom. The third kappa shape index (κ3) is 4.81. The first-order valence-corrected chi connectivity index (χ1v) is 11.0. The van der Waals surface area contributed by atoms with Crippen LogP contribution >= 0.6 is 11.8 Å². The van der Waals surface area contributed by atoms with Crippen LogP contribution < -0.4 is 10.1 Å². The molecule has 4 rings (SSSR count). The van der Waals surface area contributed by atoms with Gasteiger partial charge in [-0.25, -0.2) is 0 Å². The van der Waals surface area contributed by atoms with Gasteiger partial charge < -0.3 is 10.1 Å². The third-order valence-electron chi connectivity index (χ3n) is 4.84. The van der Waals surface area contributed by atoms with Gasteiger partial charge in [0.05, 0.1) is 12.4 Å². The van der Waals surface area contributed by atoms with Crippen LogP contribution in [0.2, 0.25) is 0 Å². The number of anilines is 1. The predicted molar refractivity (Wildman–Crippen MR) is 126 cm³/mol. The van der Waals surface area contributed by atoms with Gasteiger partial charge in [-0.15, -0.1) is 10.2 Å². The molecular formula is C24H23N5O2S. The van der Waals surface area contributed by atoms with Gasteiger partial charge in [0.25, 0.3) is 0 Å². The Balaban J connectivity index is 1.64. The van der Waals surface area contributed by atoms with Crippen molar-refractivity contribution in [2.45, 2.75) is 24.3 Å². The molecule has 162 valence electrons. The lowest BCUT2D eigenvalue weighted by atomic mass is 10.2. The van der Waals surface area contributed by atoms with Gasteiger partial charge >= 0.3 is 0 Å². The van der Waals surface area contributed by atoms with Crippen molar-refractivity contribution in [3.63, 3.8) is 0 Å². The molecule has 0 aliphatic heterocycles. The summed E-state index contributed by atoms with van der Waals surface area (Å²) in [5, 5.41) is 12.0. The number of thioether (sulfide) groups is 1. The SMILES string of the molecule is COc1ccc(-n2c(SC(C)C(=O)Nc3cccc(C)c3)nnc2-c2ccncc2)cc1. The highest BCUT2D eigenvalue weighted by Crippen LogP contribution is 2.31. The molecule has 0 spiro atoms. The zero-order valence-corrected chi connectivity index (χ0v) is 18.8. The minimum atomic E-state index is -0.387. The Labute approximate surface area is 190 Å². The van der Waals surface area contributed by atoms with E-state index >= 15 is 0 Å². The molecule has 0 aliphatic rings. The van der Waals surface area contributed by atoms with Gasteiger partial charge in [0.1, 0.15) is 5.75 Å². The fraction of sp³-hybridized carbons (Fsp3) is 0.167. The molecule has 0 fully saturated rings. The van der Waals surface area contributed by atoms with Gasteiger partial charge in [-0.1, -0.05) is 23.9 Å². The van der Waals surface area contributed by atoms with E-state index in [4.69, 9.17) is 4.74 Å². The molecule has 8 heteroatoms. The summed E-state index contributed by atoms with van der Waals surface area (Å²) in [6, 6.07) is 19.1. The van der Waals surface area contributed by atoms with E-state index in [0.29, 0.717) is 11.0 Å². The zero-order chi connectivity index (χ0) is 22.5. The second-order valence-corrected chi connectivity index (χ2v) is 8.50. The van der Waals surface area contributed by atoms with Crippen molar-refractivity contribution < 1.29 is 9.53 Å². The first-order chi connectivity index (χ1) is 15.5. The highest BCUT2D eigenvalue weighted by atomic mass is 32.2. The summed E-state index contributed by atoms with van der Waals surface area (Å²) in [6.45, 7) is 3.85. The topological polar surface area (TPSA) is 81.9 Å². The Morgan fingerprint density at radius 1 is 1.06 bits per heavy atom. The van der Waals surface area contributed by atoms with Crippen LogP contribution in [0.5, 0.6) is 5.75 Å². The number of hydrogen-bond acceptors (Lipinski definition) is 6. The van der Waals surface area contributed by atoms with Gasteiger partial charge in [-0.05, 0) is 67.9 Å². The van der Waals surface area contributed by atoms with Crippen molar-refractivity contribution in [2.75, 3.05) is 12.4 Å². The monoisotopic (exact) mass is 445 g/mol. The van der Waals surface area contributed by atoms with Crippen LogP contribution in [0, 0.1) is 6.92 Å². The lowest BCUT2D eigenvalue weighted by Crippen LogP contribution is -2.23. The van der Waals surface area contributed by atoms with Crippen LogP contribution in [0.3, 0.4) is 0 Å². The molecule has 7 nitrogen and oxygen atoms in total. The van der Waals surface area contributed by atoms with Crippen LogP contribution in [0.15, 0.2) is 78.2 Å². The van der Waals surface area contributed by atoms with Crippen LogP contribution in [0.4, 0.5) is 5.69 Å². The number of aromatic nitrogens is 4. The van der Waals surface area contributed by atoms with Crippen molar-refractivity contribution in [2.24, 2.45) is 0 Å². The van der Waals surface area contributed by atoms with Crippen LogP contribution in [0.25, 0.3) is 17.1 Å². The van der Waals surface area contributed by atoms with Gasteiger partial charge in [0.2, 0.25) is 5.91 Å². The number of carbonyl (C=O) groups excluding carboxylic acids is 1. The molecule has 1 N–H and O–H groups in total. The minimum Gasteiger partial charge on any atom is -0.497 e. The number of aryl methyl sites for hydroxylation is 1. The van der Waals surface area contributed by atoms with Crippen molar-refractivity contribution in [3.8, 4) is 22.8 Å². The normalized spacial score (nSPS) is 11.7. The fourth-order valence-electron chi connectivity index (χ4n) is 3.18. The maximum absolute atomic E-state index is 12.8. The van der Waals surface area contributed by atoms with Gasteiger partial charge in [0, 0.05) is 29.3 Å². The number of methoxy groups -OCH3 is 1. The van der Waals surface area contributed by atoms with E-state index in [1.54, 1.807) is 19.5 Å². The zero-order valence-electron chi connectivity index (χ0n) is 18.0. The van der Waals surface area contributed by atoms with E-state index in [9.17, 15) is 4.79 Å². The summed E-state index contributed by atoms with van der Waals surface area (Å²) < 4.78 is 7.23. The number of nitrogens with one attached hydrogen (secondary N) is 1. The number of pyridine rings is 1. The number of hydrogen-bond donors (Lipinski definition) is 1. The highest BCUT2D eigenvalue weighted by Gasteiger charge is 2.22. The molecule has 0 saturated heterocycles. The first kappa shape index (κ1) is 21.6. The second kappa shape index (κ2) is 9.65. The summed E-state index contributed by atoms with van der Waals surface area (Å²) in [7, 11) is 1.63. The molecule has 0 saturated carbocycles. The predicted octanol–water partition coefficient (Wildman–Crippen LogP) is 4.77. The molecule has 2 heterocycles. The molecule has 32 heavy (non-hydrogen) atoms. The average molecular weight is 446 g/mol. The third-order valence-corrected chi connectivity index (χ3v) is 5.88. The van der Waals surface area contributed by atoms with Crippen molar-refractivity contribution in [3.05, 3.63) is 78.6 Å². The van der Waals surface area contributed by atoms with E-state index < -0.39 is 0 Å². The van der Waals surface area contributed by atoms with Crippen LogP contribution in [-0.4, -0.2) is 38.0 Å². The average Bonchev–Trinajstić information content (AvgIpc) is 3.23. The molecule has 0 radical (unpaired) electrons. The van der Waals surface area contributed by atoms with Crippen molar-refractivity contribution in [1.82, 2.24) is 19.7 Å². The quantitative estimate of drug-likeness (QED) is 0.413. The molecule has 0 aliphatic carbocycles. The number of benzene rings is 2. The molecule has 2 aromatic carbocycles. The highest BCUT2D eigenvalue weighted by molar-refractivity contribution is 8.00. The molecule has 0 bridgehead atoms. The molecule has 4 aromatic rings. The molecule has 1 unspecified atom stereocenters. The van der Waals surface area contributed by atoms with E-state index in [2.05, 4.69) is 20.5 Å². The van der Waals surface area contributed by atoms with Crippen LogP contribution in [-0.2, 0) is 4.79 Å². The largest absolute Gasteiger partial charge is 0.497 e.